The monoisotopic (exact) mass is 352 g/mol. The highest BCUT2D eigenvalue weighted by atomic mass is 16.6. The van der Waals surface area contributed by atoms with Gasteiger partial charge in [-0.15, -0.1) is 0 Å². The van der Waals surface area contributed by atoms with Crippen LogP contribution in [0.1, 0.15) is 37.6 Å². The van der Waals surface area contributed by atoms with Crippen molar-refractivity contribution >= 4 is 23.5 Å². The average Bonchev–Trinajstić information content (AvgIpc) is 3.04. The van der Waals surface area contributed by atoms with E-state index in [0.717, 1.165) is 16.8 Å². The number of rotatable bonds is 1. The Kier molecular flexibility index (Phi) is 3.50. The molecule has 4 rings (SSSR count). The fraction of sp³-hybridized carbons (Fsp3) is 0.368. The summed E-state index contributed by atoms with van der Waals surface area (Å²) in [6.45, 7) is 5.42. The SMILES string of the molecule is CC(C)(C)OC(=O)Nc1cnc2c(c1)CC1(C2)C(=O)Nc2ncccc21. The van der Waals surface area contributed by atoms with Crippen LogP contribution in [-0.2, 0) is 27.8 Å². The fourth-order valence-corrected chi connectivity index (χ4v) is 3.61. The van der Waals surface area contributed by atoms with E-state index in [1.54, 1.807) is 12.4 Å². The van der Waals surface area contributed by atoms with Gasteiger partial charge < -0.3 is 10.1 Å². The number of fused-ring (bicyclic) bond motifs is 3. The molecular weight excluding hydrogens is 332 g/mol. The van der Waals surface area contributed by atoms with E-state index in [9.17, 15) is 9.59 Å². The molecule has 0 aromatic carbocycles. The molecule has 2 aromatic heterocycles. The summed E-state index contributed by atoms with van der Waals surface area (Å²) in [6.07, 6.45) is 3.80. The lowest BCUT2D eigenvalue weighted by Crippen LogP contribution is -2.35. The van der Waals surface area contributed by atoms with E-state index < -0.39 is 17.1 Å². The molecule has 1 atom stereocenters. The first-order valence-electron chi connectivity index (χ1n) is 8.52. The van der Waals surface area contributed by atoms with E-state index in [-0.39, 0.29) is 5.91 Å². The number of anilines is 2. The van der Waals surface area contributed by atoms with Gasteiger partial charge >= 0.3 is 6.09 Å². The summed E-state index contributed by atoms with van der Waals surface area (Å²) >= 11 is 0. The van der Waals surface area contributed by atoms with Crippen molar-refractivity contribution in [3.8, 4) is 0 Å². The molecule has 2 amide bonds. The van der Waals surface area contributed by atoms with Crippen LogP contribution in [0.5, 0.6) is 0 Å². The maximum atomic E-state index is 12.7. The lowest BCUT2D eigenvalue weighted by atomic mass is 9.80. The molecule has 2 N–H and O–H groups in total. The van der Waals surface area contributed by atoms with Gasteiger partial charge in [0.05, 0.1) is 17.3 Å². The van der Waals surface area contributed by atoms with Gasteiger partial charge in [0, 0.05) is 23.9 Å². The predicted octanol–water partition coefficient (Wildman–Crippen LogP) is 2.81. The maximum absolute atomic E-state index is 12.7. The number of carbonyl (C=O) groups is 2. The summed E-state index contributed by atoms with van der Waals surface area (Å²) in [6, 6.07) is 5.64. The highest BCUT2D eigenvalue weighted by Crippen LogP contribution is 2.46. The first-order valence-corrected chi connectivity index (χ1v) is 8.52. The molecule has 7 heteroatoms. The molecule has 2 aliphatic rings. The van der Waals surface area contributed by atoms with Crippen molar-refractivity contribution in [2.75, 3.05) is 10.6 Å². The second-order valence-corrected chi connectivity index (χ2v) is 7.75. The lowest BCUT2D eigenvalue weighted by molar-refractivity contribution is -0.120. The Labute approximate surface area is 151 Å². The van der Waals surface area contributed by atoms with E-state index >= 15 is 0 Å². The first kappa shape index (κ1) is 16.5. The van der Waals surface area contributed by atoms with Gasteiger partial charge in [0.1, 0.15) is 11.4 Å². The molecular formula is C19H20N4O3. The molecule has 1 aliphatic heterocycles. The first-order chi connectivity index (χ1) is 12.3. The smallest absolute Gasteiger partial charge is 0.412 e. The molecule has 134 valence electrons. The van der Waals surface area contributed by atoms with Gasteiger partial charge in [0.2, 0.25) is 5.91 Å². The molecule has 3 heterocycles. The van der Waals surface area contributed by atoms with E-state index in [1.807, 2.05) is 39.0 Å². The van der Waals surface area contributed by atoms with Crippen molar-refractivity contribution in [2.45, 2.75) is 44.6 Å². The molecule has 0 saturated heterocycles. The summed E-state index contributed by atoms with van der Waals surface area (Å²) < 4.78 is 5.27. The second kappa shape index (κ2) is 5.52. The number of amides is 2. The lowest BCUT2D eigenvalue weighted by Gasteiger charge is -2.20. The van der Waals surface area contributed by atoms with Crippen molar-refractivity contribution in [1.29, 1.82) is 0 Å². The summed E-state index contributed by atoms with van der Waals surface area (Å²) in [4.78, 5) is 33.4. The minimum atomic E-state index is -0.663. The Bertz CT molecular complexity index is 919. The van der Waals surface area contributed by atoms with Crippen LogP contribution in [0.3, 0.4) is 0 Å². The average molecular weight is 352 g/mol. The molecule has 0 bridgehead atoms. The third-order valence-corrected chi connectivity index (χ3v) is 4.66. The summed E-state index contributed by atoms with van der Waals surface area (Å²) in [5, 5.41) is 5.57. The van der Waals surface area contributed by atoms with Gasteiger partial charge in [-0.05, 0) is 44.9 Å². The van der Waals surface area contributed by atoms with Crippen LogP contribution in [0.15, 0.2) is 30.6 Å². The predicted molar refractivity (Wildman–Crippen MR) is 96.0 cm³/mol. The Hall–Kier alpha value is -2.96. The summed E-state index contributed by atoms with van der Waals surface area (Å²) in [5.41, 5.74) is 2.04. The van der Waals surface area contributed by atoms with Crippen molar-refractivity contribution < 1.29 is 14.3 Å². The highest BCUT2D eigenvalue weighted by Gasteiger charge is 2.51. The molecule has 1 aliphatic carbocycles. The molecule has 26 heavy (non-hydrogen) atoms. The molecule has 1 unspecified atom stereocenters. The van der Waals surface area contributed by atoms with Crippen LogP contribution in [0.25, 0.3) is 0 Å². The van der Waals surface area contributed by atoms with Crippen LogP contribution < -0.4 is 10.6 Å². The van der Waals surface area contributed by atoms with Crippen LogP contribution in [0.4, 0.5) is 16.3 Å². The summed E-state index contributed by atoms with van der Waals surface area (Å²) in [5.74, 6) is 0.572. The molecule has 0 saturated carbocycles. The number of pyridine rings is 2. The minimum Gasteiger partial charge on any atom is -0.444 e. The largest absolute Gasteiger partial charge is 0.444 e. The van der Waals surface area contributed by atoms with E-state index in [2.05, 4.69) is 20.6 Å². The van der Waals surface area contributed by atoms with E-state index in [0.29, 0.717) is 24.3 Å². The second-order valence-electron chi connectivity index (χ2n) is 7.75. The fourth-order valence-electron chi connectivity index (χ4n) is 3.61. The zero-order valence-corrected chi connectivity index (χ0v) is 14.9. The topological polar surface area (TPSA) is 93.2 Å². The van der Waals surface area contributed by atoms with Crippen LogP contribution >= 0.6 is 0 Å². The Balaban J connectivity index is 1.59. The van der Waals surface area contributed by atoms with Crippen molar-refractivity contribution in [2.24, 2.45) is 0 Å². The van der Waals surface area contributed by atoms with Crippen molar-refractivity contribution in [3.63, 3.8) is 0 Å². The minimum absolute atomic E-state index is 0.0501. The normalized spacial score (nSPS) is 20.5. The van der Waals surface area contributed by atoms with Crippen LogP contribution in [0.2, 0.25) is 0 Å². The van der Waals surface area contributed by atoms with Crippen molar-refractivity contribution in [3.05, 3.63) is 47.4 Å². The number of hydrogen-bond donors (Lipinski definition) is 2. The van der Waals surface area contributed by atoms with Crippen LogP contribution in [-0.4, -0.2) is 27.6 Å². The van der Waals surface area contributed by atoms with Gasteiger partial charge in [-0.2, -0.15) is 0 Å². The van der Waals surface area contributed by atoms with Gasteiger partial charge in [0.25, 0.3) is 0 Å². The number of ether oxygens (including phenoxy) is 1. The molecule has 2 aromatic rings. The number of nitrogens with one attached hydrogen (secondary N) is 2. The quantitative estimate of drug-likeness (QED) is 0.823. The zero-order valence-electron chi connectivity index (χ0n) is 14.9. The van der Waals surface area contributed by atoms with Gasteiger partial charge in [0.15, 0.2) is 0 Å². The highest BCUT2D eigenvalue weighted by molar-refractivity contribution is 6.06. The molecule has 7 nitrogen and oxygen atoms in total. The zero-order chi connectivity index (χ0) is 18.5. The van der Waals surface area contributed by atoms with Gasteiger partial charge in [-0.25, -0.2) is 9.78 Å². The van der Waals surface area contributed by atoms with E-state index in [1.165, 1.54) is 0 Å². The van der Waals surface area contributed by atoms with Gasteiger partial charge in [-0.3, -0.25) is 15.1 Å². The van der Waals surface area contributed by atoms with Gasteiger partial charge in [-0.1, -0.05) is 6.07 Å². The molecule has 0 fully saturated rings. The third kappa shape index (κ3) is 2.69. The van der Waals surface area contributed by atoms with Crippen molar-refractivity contribution in [1.82, 2.24) is 9.97 Å². The van der Waals surface area contributed by atoms with E-state index in [4.69, 9.17) is 4.74 Å². The number of hydrogen-bond acceptors (Lipinski definition) is 5. The third-order valence-electron chi connectivity index (χ3n) is 4.66. The summed E-state index contributed by atoms with van der Waals surface area (Å²) in [7, 11) is 0. The Morgan fingerprint density at radius 1 is 1.31 bits per heavy atom. The van der Waals surface area contributed by atoms with Crippen LogP contribution in [0, 0.1) is 0 Å². The Morgan fingerprint density at radius 2 is 2.12 bits per heavy atom. The molecule has 0 radical (unpaired) electrons. The number of aromatic nitrogens is 2. The number of carbonyl (C=O) groups excluding carboxylic acids is 2. The standard InChI is InChI=1S/C19H20N4O3/c1-18(2,3)26-17(25)22-12-7-11-8-19(9-14(11)21-10-12)13-5-4-6-20-15(13)23-16(19)24/h4-7,10H,8-9H2,1-3H3,(H,22,25)(H,20,23,24). The maximum Gasteiger partial charge on any atom is 0.412 e. The Morgan fingerprint density at radius 3 is 2.88 bits per heavy atom. The molecule has 1 spiro atoms. The number of nitrogens with zero attached hydrogens (tertiary/aromatic N) is 2.